The molecule has 7 heteroatoms. The summed E-state index contributed by atoms with van der Waals surface area (Å²) in [6.07, 6.45) is 1.85. The van der Waals surface area contributed by atoms with Gasteiger partial charge < -0.3 is 10.2 Å². The number of hydrogen-bond donors (Lipinski definition) is 1. The predicted octanol–water partition coefficient (Wildman–Crippen LogP) is 2.26. The van der Waals surface area contributed by atoms with Crippen LogP contribution in [-0.2, 0) is 21.2 Å². The smallest absolute Gasteiger partial charge is 0.243 e. The van der Waals surface area contributed by atoms with Crippen molar-refractivity contribution in [3.63, 3.8) is 0 Å². The Morgan fingerprint density at radius 2 is 1.82 bits per heavy atom. The van der Waals surface area contributed by atoms with Crippen LogP contribution in [0.2, 0.25) is 0 Å². The molecule has 2 aromatic rings. The highest BCUT2D eigenvalue weighted by Gasteiger charge is 2.25. The number of anilines is 1. The number of carbonyl (C=O) groups is 1. The Hall–Kier alpha value is -2.38. The largest absolute Gasteiger partial charge is 0.368 e. The number of rotatable bonds is 8. The van der Waals surface area contributed by atoms with Crippen LogP contribution in [0.25, 0.3) is 0 Å². The summed E-state index contributed by atoms with van der Waals surface area (Å²) in [7, 11) is -2.23. The van der Waals surface area contributed by atoms with E-state index in [9.17, 15) is 13.2 Å². The number of nitrogens with zero attached hydrogens (tertiary/aromatic N) is 2. The van der Waals surface area contributed by atoms with Crippen molar-refractivity contribution in [1.29, 1.82) is 0 Å². The number of fused-ring (bicyclic) bond motifs is 1. The first kappa shape index (κ1) is 20.4. The van der Waals surface area contributed by atoms with E-state index < -0.39 is 10.0 Å². The second-order valence-corrected chi connectivity index (χ2v) is 9.20. The van der Waals surface area contributed by atoms with Gasteiger partial charge in [0, 0.05) is 31.9 Å². The standard InChI is InChI=1S/C21H27N3O3S/c1-17-15-18-9-6-7-12-20(18)24(17)14-8-13-22-21(25)16-23(2)28(26,27)19-10-4-3-5-11-19/h3-7,9-12,17H,8,13-16H2,1-2H3,(H,22,25)/t17-/m0/s1. The van der Waals surface area contributed by atoms with Gasteiger partial charge in [0.05, 0.1) is 11.4 Å². The Morgan fingerprint density at radius 3 is 2.57 bits per heavy atom. The number of para-hydroxylation sites is 1. The van der Waals surface area contributed by atoms with E-state index in [4.69, 9.17) is 0 Å². The summed E-state index contributed by atoms with van der Waals surface area (Å²) in [6, 6.07) is 17.0. The number of sulfonamides is 1. The van der Waals surface area contributed by atoms with E-state index in [1.54, 1.807) is 18.2 Å². The maximum absolute atomic E-state index is 12.5. The van der Waals surface area contributed by atoms with Gasteiger partial charge in [-0.2, -0.15) is 4.31 Å². The summed E-state index contributed by atoms with van der Waals surface area (Å²) in [4.78, 5) is 14.7. The van der Waals surface area contributed by atoms with Crippen LogP contribution in [0.4, 0.5) is 5.69 Å². The average molecular weight is 402 g/mol. The van der Waals surface area contributed by atoms with Gasteiger partial charge in [0.2, 0.25) is 15.9 Å². The molecular formula is C21H27N3O3S. The van der Waals surface area contributed by atoms with Gasteiger partial charge in [0.25, 0.3) is 0 Å². The summed E-state index contributed by atoms with van der Waals surface area (Å²) in [6.45, 7) is 3.39. The summed E-state index contributed by atoms with van der Waals surface area (Å²) < 4.78 is 26.0. The van der Waals surface area contributed by atoms with Crippen LogP contribution in [-0.4, -0.2) is 51.4 Å². The molecule has 2 aromatic carbocycles. The first-order valence-electron chi connectivity index (χ1n) is 9.52. The molecule has 1 N–H and O–H groups in total. The van der Waals surface area contributed by atoms with Crippen molar-refractivity contribution < 1.29 is 13.2 Å². The van der Waals surface area contributed by atoms with Gasteiger partial charge in [-0.25, -0.2) is 8.42 Å². The van der Waals surface area contributed by atoms with Crippen molar-refractivity contribution >= 4 is 21.6 Å². The van der Waals surface area contributed by atoms with Crippen molar-refractivity contribution in [2.75, 3.05) is 31.6 Å². The average Bonchev–Trinajstić information content (AvgIpc) is 3.01. The lowest BCUT2D eigenvalue weighted by molar-refractivity contribution is -0.121. The van der Waals surface area contributed by atoms with Crippen LogP contribution in [0.1, 0.15) is 18.9 Å². The Kier molecular flexibility index (Phi) is 6.36. The summed E-state index contributed by atoms with van der Waals surface area (Å²) in [5.74, 6) is -0.295. The second-order valence-electron chi connectivity index (χ2n) is 7.15. The minimum absolute atomic E-state index is 0.187. The lowest BCUT2D eigenvalue weighted by atomic mass is 10.1. The molecular weight excluding hydrogens is 374 g/mol. The zero-order valence-corrected chi connectivity index (χ0v) is 17.2. The first-order chi connectivity index (χ1) is 13.4. The number of likely N-dealkylation sites (N-methyl/N-ethyl adjacent to an activating group) is 1. The van der Waals surface area contributed by atoms with Gasteiger partial charge in [-0.1, -0.05) is 36.4 Å². The lowest BCUT2D eigenvalue weighted by Crippen LogP contribution is -2.39. The predicted molar refractivity (Wildman–Crippen MR) is 111 cm³/mol. The minimum atomic E-state index is -3.65. The van der Waals surface area contributed by atoms with Gasteiger partial charge >= 0.3 is 0 Å². The highest BCUT2D eigenvalue weighted by atomic mass is 32.2. The highest BCUT2D eigenvalue weighted by molar-refractivity contribution is 7.89. The van der Waals surface area contributed by atoms with Gasteiger partial charge in [-0.15, -0.1) is 0 Å². The maximum Gasteiger partial charge on any atom is 0.243 e. The van der Waals surface area contributed by atoms with Gasteiger partial charge in [0.15, 0.2) is 0 Å². The third-order valence-corrected chi connectivity index (χ3v) is 6.88. The zero-order valence-electron chi connectivity index (χ0n) is 16.3. The fourth-order valence-corrected chi connectivity index (χ4v) is 4.71. The minimum Gasteiger partial charge on any atom is -0.368 e. The fraction of sp³-hybridized carbons (Fsp3) is 0.381. The summed E-state index contributed by atoms with van der Waals surface area (Å²) in [5, 5.41) is 2.83. The molecule has 0 saturated heterocycles. The molecule has 0 unspecified atom stereocenters. The molecule has 0 radical (unpaired) electrons. The maximum atomic E-state index is 12.5. The molecule has 150 valence electrons. The zero-order chi connectivity index (χ0) is 20.1. The van der Waals surface area contributed by atoms with Gasteiger partial charge in [-0.3, -0.25) is 4.79 Å². The monoisotopic (exact) mass is 401 g/mol. The molecule has 0 spiro atoms. The number of nitrogens with one attached hydrogen (secondary N) is 1. The summed E-state index contributed by atoms with van der Waals surface area (Å²) >= 11 is 0. The Labute approximate surface area is 167 Å². The lowest BCUT2D eigenvalue weighted by Gasteiger charge is -2.25. The molecule has 1 amide bonds. The molecule has 1 atom stereocenters. The van der Waals surface area contributed by atoms with Crippen molar-refractivity contribution in [2.24, 2.45) is 0 Å². The number of amides is 1. The van der Waals surface area contributed by atoms with Crippen LogP contribution < -0.4 is 10.2 Å². The van der Waals surface area contributed by atoms with Crippen LogP contribution in [0.5, 0.6) is 0 Å². The molecule has 0 bridgehead atoms. The molecule has 1 heterocycles. The number of hydrogen-bond acceptors (Lipinski definition) is 4. The van der Waals surface area contributed by atoms with Crippen molar-refractivity contribution in [3.8, 4) is 0 Å². The summed E-state index contributed by atoms with van der Waals surface area (Å²) in [5.41, 5.74) is 2.64. The van der Waals surface area contributed by atoms with Crippen molar-refractivity contribution in [1.82, 2.24) is 9.62 Å². The SMILES string of the molecule is C[C@H]1Cc2ccccc2N1CCCNC(=O)CN(C)S(=O)(=O)c1ccccc1. The van der Waals surface area contributed by atoms with Gasteiger partial charge in [-0.05, 0) is 43.5 Å². The first-order valence-corrected chi connectivity index (χ1v) is 11.0. The van der Waals surface area contributed by atoms with Crippen LogP contribution >= 0.6 is 0 Å². The number of benzene rings is 2. The molecule has 1 aliphatic rings. The molecule has 6 nitrogen and oxygen atoms in total. The normalized spacial score (nSPS) is 16.2. The van der Waals surface area contributed by atoms with E-state index in [1.807, 2.05) is 0 Å². The van der Waals surface area contributed by atoms with E-state index in [-0.39, 0.29) is 17.3 Å². The highest BCUT2D eigenvalue weighted by Crippen LogP contribution is 2.31. The number of carbonyl (C=O) groups excluding carboxylic acids is 1. The molecule has 3 rings (SSSR count). The van der Waals surface area contributed by atoms with Crippen molar-refractivity contribution in [2.45, 2.75) is 30.7 Å². The molecule has 0 aromatic heterocycles. The molecule has 28 heavy (non-hydrogen) atoms. The third kappa shape index (κ3) is 4.54. The quantitative estimate of drug-likeness (QED) is 0.689. The third-order valence-electron chi connectivity index (χ3n) is 5.06. The van der Waals surface area contributed by atoms with Gasteiger partial charge in [0.1, 0.15) is 0 Å². The Morgan fingerprint density at radius 1 is 1.14 bits per heavy atom. The van der Waals surface area contributed by atoms with E-state index in [2.05, 4.69) is 41.4 Å². The van der Waals surface area contributed by atoms with E-state index in [0.29, 0.717) is 12.6 Å². The topological polar surface area (TPSA) is 69.7 Å². The van der Waals surface area contributed by atoms with E-state index in [1.165, 1.54) is 30.4 Å². The Balaban J connectivity index is 1.45. The molecule has 0 aliphatic carbocycles. The molecule has 1 aliphatic heterocycles. The Bertz CT molecular complexity index is 916. The van der Waals surface area contributed by atoms with Crippen LogP contribution in [0.3, 0.4) is 0 Å². The molecule has 0 saturated carbocycles. The molecule has 0 fully saturated rings. The van der Waals surface area contributed by atoms with E-state index >= 15 is 0 Å². The second kappa shape index (κ2) is 8.75. The fourth-order valence-electron chi connectivity index (χ4n) is 3.56. The van der Waals surface area contributed by atoms with E-state index in [0.717, 1.165) is 23.7 Å². The van der Waals surface area contributed by atoms with Crippen LogP contribution in [0, 0.1) is 0 Å². The van der Waals surface area contributed by atoms with Crippen molar-refractivity contribution in [3.05, 3.63) is 60.2 Å². The van der Waals surface area contributed by atoms with Crippen LogP contribution in [0.15, 0.2) is 59.5 Å².